The van der Waals surface area contributed by atoms with Crippen LogP contribution < -0.4 is 10.1 Å². The highest BCUT2D eigenvalue weighted by Crippen LogP contribution is 2.35. The molecule has 0 spiro atoms. The van der Waals surface area contributed by atoms with Gasteiger partial charge in [-0.25, -0.2) is 4.79 Å². The van der Waals surface area contributed by atoms with Gasteiger partial charge >= 0.3 is 5.97 Å². The van der Waals surface area contributed by atoms with Gasteiger partial charge in [0.2, 0.25) is 5.91 Å². The van der Waals surface area contributed by atoms with Crippen molar-refractivity contribution in [2.24, 2.45) is 0 Å². The van der Waals surface area contributed by atoms with Gasteiger partial charge in [0.25, 0.3) is 0 Å². The van der Waals surface area contributed by atoms with Gasteiger partial charge < -0.3 is 19.2 Å². The quantitative estimate of drug-likeness (QED) is 0.436. The zero-order chi connectivity index (χ0) is 21.1. The van der Waals surface area contributed by atoms with Crippen LogP contribution in [0.15, 0.2) is 34.1 Å². The van der Waals surface area contributed by atoms with Crippen molar-refractivity contribution in [1.82, 2.24) is 0 Å². The minimum absolute atomic E-state index is 0.339. The number of nitrogens with one attached hydrogen (secondary N) is 1. The Kier molecular flexibility index (Phi) is 6.08. The average Bonchev–Trinajstić information content (AvgIpc) is 3.25. The normalized spacial score (nSPS) is 11.6. The molecule has 1 aromatic carbocycles. The number of aryl methyl sites for hydroxylation is 2. The van der Waals surface area contributed by atoms with Crippen molar-refractivity contribution < 1.29 is 23.5 Å². The molecule has 0 unspecified atom stereocenters. The number of carbonyl (C=O) groups excluding carboxylic acids is 2. The number of esters is 1. The molecule has 2 aromatic heterocycles. The van der Waals surface area contributed by atoms with Crippen molar-refractivity contribution >= 4 is 45.4 Å². The topological polar surface area (TPSA) is 77.8 Å². The van der Waals surface area contributed by atoms with E-state index in [0.717, 1.165) is 33.4 Å². The summed E-state index contributed by atoms with van der Waals surface area (Å²) < 4.78 is 16.3. The first-order chi connectivity index (χ1) is 13.8. The van der Waals surface area contributed by atoms with Crippen LogP contribution >= 0.6 is 11.3 Å². The zero-order valence-corrected chi connectivity index (χ0v) is 17.9. The second kappa shape index (κ2) is 8.53. The highest BCUT2D eigenvalue weighted by atomic mass is 32.1. The molecule has 0 aliphatic carbocycles. The van der Waals surface area contributed by atoms with E-state index in [-0.39, 0.29) is 5.91 Å². The number of methoxy groups -OCH3 is 1. The third kappa shape index (κ3) is 4.19. The summed E-state index contributed by atoms with van der Waals surface area (Å²) in [5, 5.41) is 5.46. The number of thiophene rings is 1. The number of rotatable bonds is 6. The number of hydrogen-bond donors (Lipinski definition) is 1. The lowest BCUT2D eigenvalue weighted by Crippen LogP contribution is -2.11. The van der Waals surface area contributed by atoms with Crippen LogP contribution in [0.3, 0.4) is 0 Å². The predicted octanol–water partition coefficient (Wildman–Crippen LogP) is 5.34. The molecular formula is C22H23NO5S. The number of furan rings is 1. The molecule has 0 aliphatic rings. The first kappa shape index (κ1) is 20.7. The molecule has 7 heteroatoms. The van der Waals surface area contributed by atoms with E-state index in [1.54, 1.807) is 11.4 Å². The molecule has 1 N–H and O–H groups in total. The van der Waals surface area contributed by atoms with Crippen LogP contribution in [0.2, 0.25) is 0 Å². The monoisotopic (exact) mass is 413 g/mol. The van der Waals surface area contributed by atoms with E-state index in [0.29, 0.717) is 22.9 Å². The Morgan fingerprint density at radius 3 is 2.72 bits per heavy atom. The third-order valence-corrected chi connectivity index (χ3v) is 5.54. The van der Waals surface area contributed by atoms with Crippen LogP contribution in [0, 0.1) is 13.8 Å². The van der Waals surface area contributed by atoms with Crippen LogP contribution in [-0.4, -0.2) is 25.6 Å². The lowest BCUT2D eigenvalue weighted by Gasteiger charge is -2.11. The maximum Gasteiger partial charge on any atom is 0.350 e. The number of allylic oxidation sites excluding steroid dienone is 1. The van der Waals surface area contributed by atoms with Crippen molar-refractivity contribution in [2.75, 3.05) is 19.0 Å². The Bertz CT molecular complexity index is 1110. The molecule has 0 atom stereocenters. The van der Waals surface area contributed by atoms with Crippen molar-refractivity contribution in [1.29, 1.82) is 0 Å². The molecule has 0 saturated carbocycles. The van der Waals surface area contributed by atoms with Crippen LogP contribution in [0.5, 0.6) is 5.75 Å². The third-order valence-electron chi connectivity index (χ3n) is 4.64. The van der Waals surface area contributed by atoms with Gasteiger partial charge in [0.05, 0.1) is 19.4 Å². The van der Waals surface area contributed by atoms with E-state index in [2.05, 4.69) is 5.32 Å². The number of hydrogen-bond acceptors (Lipinski definition) is 6. The van der Waals surface area contributed by atoms with Gasteiger partial charge in [-0.2, -0.15) is 0 Å². The lowest BCUT2D eigenvalue weighted by molar-refractivity contribution is -0.111. The van der Waals surface area contributed by atoms with Crippen molar-refractivity contribution in [3.8, 4) is 5.75 Å². The Balaban J connectivity index is 1.94. The molecule has 0 fully saturated rings. The molecular weight excluding hydrogens is 390 g/mol. The summed E-state index contributed by atoms with van der Waals surface area (Å²) in [6.45, 7) is 8.17. The van der Waals surface area contributed by atoms with E-state index >= 15 is 0 Å². The van der Waals surface area contributed by atoms with E-state index in [9.17, 15) is 9.59 Å². The number of carbonyl (C=O) groups is 2. The van der Waals surface area contributed by atoms with Gasteiger partial charge in [0.15, 0.2) is 0 Å². The molecule has 0 bridgehead atoms. The summed E-state index contributed by atoms with van der Waals surface area (Å²) in [7, 11) is 1.31. The maximum atomic E-state index is 12.6. The van der Waals surface area contributed by atoms with Crippen molar-refractivity contribution in [2.45, 2.75) is 27.7 Å². The van der Waals surface area contributed by atoms with Gasteiger partial charge in [0.1, 0.15) is 22.0 Å². The highest BCUT2D eigenvalue weighted by Gasteiger charge is 2.17. The van der Waals surface area contributed by atoms with Gasteiger partial charge in [-0.1, -0.05) is 0 Å². The van der Waals surface area contributed by atoms with Crippen LogP contribution in [0.4, 0.5) is 5.69 Å². The number of amides is 1. The SMILES string of the molecule is CCOc1cc2oc(C)c(C)c2cc1/C(C)=C/C(=O)Nc1ccsc1C(=O)OC. The molecule has 2 heterocycles. The maximum absolute atomic E-state index is 12.6. The van der Waals surface area contributed by atoms with E-state index in [1.807, 2.05) is 39.8 Å². The molecule has 152 valence electrons. The fourth-order valence-corrected chi connectivity index (χ4v) is 3.82. The second-order valence-corrected chi connectivity index (χ2v) is 7.45. The molecule has 3 rings (SSSR count). The summed E-state index contributed by atoms with van der Waals surface area (Å²) in [5.74, 6) is 0.687. The molecule has 0 aliphatic heterocycles. The predicted molar refractivity (Wildman–Crippen MR) is 115 cm³/mol. The van der Waals surface area contributed by atoms with E-state index in [1.165, 1.54) is 24.5 Å². The summed E-state index contributed by atoms with van der Waals surface area (Å²) in [6, 6.07) is 5.51. The standard InChI is InChI=1S/C22H23NO5S/c1-6-27-18-11-19-16(13(3)14(4)28-19)10-15(18)12(2)9-20(24)23-17-7-8-29-21(17)22(25)26-5/h7-11H,6H2,1-5H3,(H,23,24)/b12-9+. The van der Waals surface area contributed by atoms with Gasteiger partial charge in [-0.3, -0.25) is 4.79 Å². The summed E-state index contributed by atoms with van der Waals surface area (Å²) in [4.78, 5) is 24.7. The Labute approximate surface area is 173 Å². The van der Waals surface area contributed by atoms with Crippen LogP contribution in [0.1, 0.15) is 40.4 Å². The first-order valence-electron chi connectivity index (χ1n) is 9.17. The largest absolute Gasteiger partial charge is 0.493 e. The minimum atomic E-state index is -0.481. The molecule has 6 nitrogen and oxygen atoms in total. The Morgan fingerprint density at radius 2 is 2.03 bits per heavy atom. The summed E-state index contributed by atoms with van der Waals surface area (Å²) >= 11 is 1.21. The fraction of sp³-hybridized carbons (Fsp3) is 0.273. The van der Waals surface area contributed by atoms with Gasteiger partial charge in [0, 0.05) is 23.1 Å². The van der Waals surface area contributed by atoms with Crippen molar-refractivity contribution in [3.05, 3.63) is 51.4 Å². The smallest absolute Gasteiger partial charge is 0.350 e. The van der Waals surface area contributed by atoms with Gasteiger partial charge in [-0.05, 0) is 56.3 Å². The Morgan fingerprint density at radius 1 is 1.28 bits per heavy atom. The summed E-state index contributed by atoms with van der Waals surface area (Å²) in [5.41, 5.74) is 3.79. The fourth-order valence-electron chi connectivity index (χ4n) is 3.05. The van der Waals surface area contributed by atoms with E-state index in [4.69, 9.17) is 13.9 Å². The molecule has 29 heavy (non-hydrogen) atoms. The number of ether oxygens (including phenoxy) is 2. The zero-order valence-electron chi connectivity index (χ0n) is 17.0. The number of benzene rings is 1. The molecule has 3 aromatic rings. The Hall–Kier alpha value is -3.06. The van der Waals surface area contributed by atoms with Crippen LogP contribution in [0.25, 0.3) is 16.5 Å². The average molecular weight is 413 g/mol. The lowest BCUT2D eigenvalue weighted by atomic mass is 10.0. The van der Waals surface area contributed by atoms with E-state index < -0.39 is 5.97 Å². The number of fused-ring (bicyclic) bond motifs is 1. The molecule has 0 saturated heterocycles. The molecule has 0 radical (unpaired) electrons. The highest BCUT2D eigenvalue weighted by molar-refractivity contribution is 7.12. The van der Waals surface area contributed by atoms with Crippen LogP contribution in [-0.2, 0) is 9.53 Å². The second-order valence-electron chi connectivity index (χ2n) is 6.53. The summed E-state index contributed by atoms with van der Waals surface area (Å²) in [6.07, 6.45) is 1.49. The van der Waals surface area contributed by atoms with Gasteiger partial charge in [-0.15, -0.1) is 11.3 Å². The first-order valence-corrected chi connectivity index (χ1v) is 10.1. The van der Waals surface area contributed by atoms with Crippen molar-refractivity contribution in [3.63, 3.8) is 0 Å². The minimum Gasteiger partial charge on any atom is -0.493 e. The molecule has 1 amide bonds. The number of anilines is 1.